The van der Waals surface area contributed by atoms with Crippen molar-refractivity contribution in [2.45, 2.75) is 19.7 Å². The van der Waals surface area contributed by atoms with Crippen LogP contribution in [0.5, 0.6) is 11.5 Å². The Bertz CT molecular complexity index is 1240. The minimum Gasteiger partial charge on any atom is -0.493 e. The van der Waals surface area contributed by atoms with E-state index in [2.05, 4.69) is 4.74 Å². The van der Waals surface area contributed by atoms with E-state index in [1.807, 2.05) is 0 Å². The van der Waals surface area contributed by atoms with Crippen molar-refractivity contribution >= 4 is 17.7 Å². The fourth-order valence-corrected chi connectivity index (χ4v) is 3.89. The van der Waals surface area contributed by atoms with E-state index in [1.165, 1.54) is 29.0 Å². The minimum absolute atomic E-state index is 0.0927. The molecule has 1 aliphatic heterocycles. The normalized spacial score (nSPS) is 12.7. The Hall–Kier alpha value is -4.27. The molecular formula is C26H22F2N2O5. The molecule has 3 aromatic rings. The molecule has 1 heterocycles. The zero-order chi connectivity index (χ0) is 25.1. The summed E-state index contributed by atoms with van der Waals surface area (Å²) >= 11 is 0. The molecule has 3 amide bonds. The minimum atomic E-state index is -3.00. The number of methoxy groups -OCH3 is 1. The van der Waals surface area contributed by atoms with Crippen LogP contribution in [0.3, 0.4) is 0 Å². The van der Waals surface area contributed by atoms with Crippen LogP contribution in [-0.2, 0) is 13.1 Å². The van der Waals surface area contributed by atoms with Gasteiger partial charge in [0.1, 0.15) is 0 Å². The quantitative estimate of drug-likeness (QED) is 0.448. The van der Waals surface area contributed by atoms with Crippen LogP contribution in [-0.4, -0.2) is 48.3 Å². The van der Waals surface area contributed by atoms with Gasteiger partial charge in [0.25, 0.3) is 17.7 Å². The Labute approximate surface area is 200 Å². The summed E-state index contributed by atoms with van der Waals surface area (Å²) in [6.45, 7) is -2.76. The number of alkyl halides is 2. The van der Waals surface area contributed by atoms with Crippen molar-refractivity contribution in [3.8, 4) is 11.5 Å². The average Bonchev–Trinajstić information content (AvgIpc) is 3.09. The predicted molar refractivity (Wildman–Crippen MR) is 123 cm³/mol. The topological polar surface area (TPSA) is 76.2 Å². The summed E-state index contributed by atoms with van der Waals surface area (Å²) in [5, 5.41) is 0. The van der Waals surface area contributed by atoms with Crippen LogP contribution < -0.4 is 9.47 Å². The lowest BCUT2D eigenvalue weighted by Gasteiger charge is -2.19. The summed E-state index contributed by atoms with van der Waals surface area (Å²) in [5.41, 5.74) is 2.44. The highest BCUT2D eigenvalue weighted by Crippen LogP contribution is 2.30. The van der Waals surface area contributed by atoms with E-state index in [0.29, 0.717) is 27.8 Å². The zero-order valence-electron chi connectivity index (χ0n) is 19.0. The molecule has 0 spiro atoms. The van der Waals surface area contributed by atoms with Crippen LogP contribution >= 0.6 is 0 Å². The van der Waals surface area contributed by atoms with Gasteiger partial charge in [0.2, 0.25) is 0 Å². The molecule has 180 valence electrons. The Morgan fingerprint density at radius 2 is 1.51 bits per heavy atom. The van der Waals surface area contributed by atoms with E-state index in [1.54, 1.807) is 61.6 Å². The van der Waals surface area contributed by atoms with Gasteiger partial charge in [-0.05, 0) is 47.5 Å². The second-order valence-electron chi connectivity index (χ2n) is 7.96. The second-order valence-corrected chi connectivity index (χ2v) is 7.96. The summed E-state index contributed by atoms with van der Waals surface area (Å²) in [7, 11) is 2.94. The third-order valence-corrected chi connectivity index (χ3v) is 5.63. The molecule has 0 radical (unpaired) electrons. The zero-order valence-corrected chi connectivity index (χ0v) is 19.0. The number of amides is 3. The SMILES string of the molecule is COc1ccc(CN(C)C(=O)c2ccc(CN3C(=O)c4ccccc4C3=O)cc2)cc1OC(F)F. The van der Waals surface area contributed by atoms with Gasteiger partial charge in [0, 0.05) is 19.2 Å². The number of nitrogens with zero attached hydrogens (tertiary/aromatic N) is 2. The largest absolute Gasteiger partial charge is 0.493 e. The van der Waals surface area contributed by atoms with Gasteiger partial charge in [-0.15, -0.1) is 0 Å². The number of hydrogen-bond donors (Lipinski definition) is 0. The van der Waals surface area contributed by atoms with Gasteiger partial charge in [-0.25, -0.2) is 0 Å². The fraction of sp³-hybridized carbons (Fsp3) is 0.192. The van der Waals surface area contributed by atoms with Crippen molar-refractivity contribution < 1.29 is 32.6 Å². The maximum absolute atomic E-state index is 12.9. The Kier molecular flexibility index (Phi) is 6.77. The molecule has 0 saturated heterocycles. The molecule has 1 aliphatic rings. The van der Waals surface area contributed by atoms with Crippen molar-refractivity contribution in [2.24, 2.45) is 0 Å². The predicted octanol–water partition coefficient (Wildman–Crippen LogP) is 4.37. The molecule has 0 aliphatic carbocycles. The molecule has 0 bridgehead atoms. The molecule has 0 fully saturated rings. The average molecular weight is 480 g/mol. The Balaban J connectivity index is 1.42. The van der Waals surface area contributed by atoms with E-state index in [4.69, 9.17) is 4.74 Å². The molecular weight excluding hydrogens is 458 g/mol. The molecule has 0 aromatic heterocycles. The van der Waals surface area contributed by atoms with Crippen LogP contribution in [0.2, 0.25) is 0 Å². The summed E-state index contributed by atoms with van der Waals surface area (Å²) < 4.78 is 34.9. The van der Waals surface area contributed by atoms with Crippen LogP contribution in [0.4, 0.5) is 8.78 Å². The Morgan fingerprint density at radius 1 is 0.914 bits per heavy atom. The summed E-state index contributed by atoms with van der Waals surface area (Å²) in [5.74, 6) is -0.931. The lowest BCUT2D eigenvalue weighted by Crippen LogP contribution is -2.29. The standard InChI is InChI=1S/C26H22F2N2O5/c1-29(14-17-9-12-21(34-2)22(13-17)35-26(27)28)23(31)18-10-7-16(8-11-18)15-30-24(32)19-5-3-4-6-20(19)25(30)33/h3-13,26H,14-15H2,1-2H3. The number of benzene rings is 3. The van der Waals surface area contributed by atoms with Gasteiger partial charge >= 0.3 is 6.61 Å². The first-order valence-corrected chi connectivity index (χ1v) is 10.7. The van der Waals surface area contributed by atoms with E-state index in [0.717, 1.165) is 0 Å². The van der Waals surface area contributed by atoms with E-state index >= 15 is 0 Å². The van der Waals surface area contributed by atoms with Crippen molar-refractivity contribution in [1.82, 2.24) is 9.80 Å². The number of rotatable bonds is 8. The van der Waals surface area contributed by atoms with Crippen molar-refractivity contribution in [2.75, 3.05) is 14.2 Å². The summed E-state index contributed by atoms with van der Waals surface area (Å²) in [4.78, 5) is 40.6. The van der Waals surface area contributed by atoms with Gasteiger partial charge in [0.15, 0.2) is 11.5 Å². The van der Waals surface area contributed by atoms with Crippen LogP contribution in [0.1, 0.15) is 42.2 Å². The number of halogens is 2. The van der Waals surface area contributed by atoms with Crippen LogP contribution in [0.25, 0.3) is 0 Å². The number of hydrogen-bond acceptors (Lipinski definition) is 5. The van der Waals surface area contributed by atoms with Gasteiger partial charge < -0.3 is 14.4 Å². The highest BCUT2D eigenvalue weighted by Gasteiger charge is 2.34. The molecule has 3 aromatic carbocycles. The third-order valence-electron chi connectivity index (χ3n) is 5.63. The molecule has 0 unspecified atom stereocenters. The molecule has 7 nitrogen and oxygen atoms in total. The van der Waals surface area contributed by atoms with Crippen molar-refractivity contribution in [3.63, 3.8) is 0 Å². The highest BCUT2D eigenvalue weighted by atomic mass is 19.3. The molecule has 35 heavy (non-hydrogen) atoms. The van der Waals surface area contributed by atoms with Gasteiger partial charge in [-0.1, -0.05) is 30.3 Å². The third kappa shape index (κ3) is 4.98. The molecule has 4 rings (SSSR count). The highest BCUT2D eigenvalue weighted by molar-refractivity contribution is 6.21. The van der Waals surface area contributed by atoms with Gasteiger partial charge in [-0.2, -0.15) is 8.78 Å². The number of imide groups is 1. The lowest BCUT2D eigenvalue weighted by atomic mass is 10.1. The van der Waals surface area contributed by atoms with Crippen molar-refractivity contribution in [3.05, 3.63) is 94.5 Å². The summed E-state index contributed by atoms with van der Waals surface area (Å²) in [6, 6.07) is 17.8. The number of carbonyl (C=O) groups is 3. The number of carbonyl (C=O) groups excluding carboxylic acids is 3. The van der Waals surface area contributed by atoms with Gasteiger partial charge in [-0.3, -0.25) is 19.3 Å². The fourth-order valence-electron chi connectivity index (χ4n) is 3.89. The molecule has 0 saturated carbocycles. The monoisotopic (exact) mass is 480 g/mol. The number of ether oxygens (including phenoxy) is 2. The lowest BCUT2D eigenvalue weighted by molar-refractivity contribution is -0.0512. The number of fused-ring (bicyclic) bond motifs is 1. The smallest absolute Gasteiger partial charge is 0.387 e. The van der Waals surface area contributed by atoms with E-state index in [-0.39, 0.29) is 42.3 Å². The second kappa shape index (κ2) is 9.92. The first-order valence-electron chi connectivity index (χ1n) is 10.7. The maximum Gasteiger partial charge on any atom is 0.387 e. The molecule has 0 atom stereocenters. The van der Waals surface area contributed by atoms with E-state index < -0.39 is 6.61 Å². The van der Waals surface area contributed by atoms with Crippen LogP contribution in [0.15, 0.2) is 66.7 Å². The van der Waals surface area contributed by atoms with E-state index in [9.17, 15) is 23.2 Å². The molecule has 9 heteroatoms. The summed E-state index contributed by atoms with van der Waals surface area (Å²) in [6.07, 6.45) is 0. The van der Waals surface area contributed by atoms with Crippen LogP contribution in [0, 0.1) is 0 Å². The molecule has 0 N–H and O–H groups in total. The first-order chi connectivity index (χ1) is 16.8. The Morgan fingerprint density at radius 3 is 2.09 bits per heavy atom. The van der Waals surface area contributed by atoms with Crippen molar-refractivity contribution in [1.29, 1.82) is 0 Å². The maximum atomic E-state index is 12.9. The van der Waals surface area contributed by atoms with Gasteiger partial charge in [0.05, 0.1) is 24.8 Å². The first kappa shape index (κ1) is 23.9.